The fraction of sp³-hybridized carbons (Fsp3) is 0.474. The molecular formula is C19H24N2O4S. The van der Waals surface area contributed by atoms with Gasteiger partial charge >= 0.3 is 0 Å². The van der Waals surface area contributed by atoms with Gasteiger partial charge in [0, 0.05) is 19.7 Å². The maximum absolute atomic E-state index is 12.8. The van der Waals surface area contributed by atoms with Crippen LogP contribution in [0.25, 0.3) is 5.57 Å². The first-order valence-electron chi connectivity index (χ1n) is 8.54. The number of amides is 1. The number of hydrogen-bond donors (Lipinski definition) is 0. The molecule has 0 bridgehead atoms. The Morgan fingerprint density at radius 1 is 1.31 bits per heavy atom. The molecule has 7 heteroatoms. The summed E-state index contributed by atoms with van der Waals surface area (Å²) in [4.78, 5) is 12.8. The summed E-state index contributed by atoms with van der Waals surface area (Å²) in [5, 5.41) is 5.51. The number of benzene rings is 1. The Labute approximate surface area is 154 Å². The van der Waals surface area contributed by atoms with Crippen LogP contribution in [0.15, 0.2) is 21.6 Å². The zero-order valence-corrected chi connectivity index (χ0v) is 16.8. The molecule has 3 rings (SSSR count). The Bertz CT molecular complexity index is 974. The Hall–Kier alpha value is -1.99. The molecule has 1 amide bonds. The maximum atomic E-state index is 12.8. The van der Waals surface area contributed by atoms with Crippen molar-refractivity contribution >= 4 is 27.0 Å². The summed E-state index contributed by atoms with van der Waals surface area (Å²) in [6.45, 7) is 7.35. The molecule has 1 aromatic rings. The van der Waals surface area contributed by atoms with Crippen molar-refractivity contribution in [3.05, 3.63) is 33.9 Å². The molecule has 6 nitrogen and oxygen atoms in total. The summed E-state index contributed by atoms with van der Waals surface area (Å²) < 4.78 is 31.2. The number of rotatable bonds is 2. The highest BCUT2D eigenvalue weighted by molar-refractivity contribution is 7.91. The SMILES string of the molecule is COC1CCS(=O)(=O)c2c(C)c(C(C)=C3C(=O)N(C)N=C3C)cc(C)c21. The average Bonchev–Trinajstić information content (AvgIpc) is 2.82. The topological polar surface area (TPSA) is 76.0 Å². The van der Waals surface area contributed by atoms with Gasteiger partial charge in [-0.3, -0.25) is 4.79 Å². The molecule has 1 aromatic carbocycles. The third kappa shape index (κ3) is 2.70. The second-order valence-corrected chi connectivity index (χ2v) is 9.00. The molecule has 0 aromatic heterocycles. The fourth-order valence-electron chi connectivity index (χ4n) is 4.04. The van der Waals surface area contributed by atoms with Gasteiger partial charge in [0.25, 0.3) is 5.91 Å². The van der Waals surface area contributed by atoms with Gasteiger partial charge in [-0.2, -0.15) is 5.10 Å². The molecular weight excluding hydrogens is 352 g/mol. The smallest absolute Gasteiger partial charge is 0.275 e. The van der Waals surface area contributed by atoms with Gasteiger partial charge in [-0.1, -0.05) is 6.07 Å². The van der Waals surface area contributed by atoms with Crippen LogP contribution >= 0.6 is 0 Å². The van der Waals surface area contributed by atoms with Gasteiger partial charge in [0.2, 0.25) is 0 Å². The summed E-state index contributed by atoms with van der Waals surface area (Å²) in [5.41, 5.74) is 4.98. The molecule has 2 aliphatic heterocycles. The lowest BCUT2D eigenvalue weighted by Gasteiger charge is -2.29. The van der Waals surface area contributed by atoms with E-state index in [1.165, 1.54) is 5.01 Å². The van der Waals surface area contributed by atoms with Crippen molar-refractivity contribution < 1.29 is 17.9 Å². The van der Waals surface area contributed by atoms with E-state index < -0.39 is 9.84 Å². The monoisotopic (exact) mass is 376 g/mol. The van der Waals surface area contributed by atoms with Gasteiger partial charge in [0.05, 0.1) is 28.0 Å². The zero-order chi connectivity index (χ0) is 19.4. The van der Waals surface area contributed by atoms with Gasteiger partial charge in [0.1, 0.15) is 0 Å². The predicted molar refractivity (Wildman–Crippen MR) is 101 cm³/mol. The summed E-state index contributed by atoms with van der Waals surface area (Å²) >= 11 is 0. The van der Waals surface area contributed by atoms with Crippen LogP contribution in [0.5, 0.6) is 0 Å². The standard InChI is InChI=1S/C19H24N2O4S/c1-10-9-14(11(2)17-13(4)20-21(5)19(17)22)12(3)18-16(10)15(25-6)7-8-26(18,23)24/h9,15H,7-8H2,1-6H3. The molecule has 0 fully saturated rings. The number of methoxy groups -OCH3 is 1. The molecule has 0 aliphatic carbocycles. The van der Waals surface area contributed by atoms with Gasteiger partial charge in [-0.05, 0) is 56.4 Å². The van der Waals surface area contributed by atoms with Crippen LogP contribution in [0, 0.1) is 13.8 Å². The van der Waals surface area contributed by atoms with Gasteiger partial charge in [0.15, 0.2) is 9.84 Å². The van der Waals surface area contributed by atoms with E-state index in [9.17, 15) is 13.2 Å². The van der Waals surface area contributed by atoms with E-state index >= 15 is 0 Å². The second kappa shape index (κ2) is 6.32. The highest BCUT2D eigenvalue weighted by atomic mass is 32.2. The fourth-order valence-corrected chi connectivity index (χ4v) is 5.98. The Kier molecular flexibility index (Phi) is 4.56. The average molecular weight is 376 g/mol. The van der Waals surface area contributed by atoms with Crippen LogP contribution in [0.1, 0.15) is 48.6 Å². The number of hydrogen-bond acceptors (Lipinski definition) is 5. The molecule has 2 aliphatic rings. The number of hydrazone groups is 1. The molecule has 2 heterocycles. The number of sulfone groups is 1. The normalized spacial score (nSPS) is 23.8. The number of carbonyl (C=O) groups is 1. The largest absolute Gasteiger partial charge is 0.377 e. The maximum Gasteiger partial charge on any atom is 0.275 e. The number of aryl methyl sites for hydroxylation is 1. The van der Waals surface area contributed by atoms with E-state index in [1.807, 2.05) is 26.8 Å². The van der Waals surface area contributed by atoms with E-state index in [1.54, 1.807) is 21.1 Å². The Morgan fingerprint density at radius 3 is 2.50 bits per heavy atom. The number of ether oxygens (including phenoxy) is 1. The van der Waals surface area contributed by atoms with Gasteiger partial charge in [-0.25, -0.2) is 13.4 Å². The minimum atomic E-state index is -3.38. The first-order chi connectivity index (χ1) is 12.1. The molecule has 0 saturated carbocycles. The molecule has 140 valence electrons. The van der Waals surface area contributed by atoms with Crippen molar-refractivity contribution in [1.82, 2.24) is 5.01 Å². The lowest BCUT2D eigenvalue weighted by atomic mass is 9.89. The van der Waals surface area contributed by atoms with Crippen LogP contribution < -0.4 is 0 Å². The highest BCUT2D eigenvalue weighted by Gasteiger charge is 2.35. The van der Waals surface area contributed by atoms with Crippen LogP contribution in [-0.4, -0.2) is 45.0 Å². The summed E-state index contributed by atoms with van der Waals surface area (Å²) in [7, 11) is -0.162. The molecule has 26 heavy (non-hydrogen) atoms. The minimum absolute atomic E-state index is 0.0695. The van der Waals surface area contributed by atoms with Crippen LogP contribution in [0.3, 0.4) is 0 Å². The molecule has 1 unspecified atom stereocenters. The van der Waals surface area contributed by atoms with Crippen LogP contribution in [-0.2, 0) is 19.4 Å². The van der Waals surface area contributed by atoms with E-state index in [0.29, 0.717) is 28.2 Å². The zero-order valence-electron chi connectivity index (χ0n) is 16.0. The molecule has 0 radical (unpaired) electrons. The number of likely N-dealkylation sites (N-methyl/N-ethyl adjacent to an activating group) is 1. The van der Waals surface area contributed by atoms with Crippen molar-refractivity contribution in [3.63, 3.8) is 0 Å². The first kappa shape index (κ1) is 18.8. The van der Waals surface area contributed by atoms with E-state index in [2.05, 4.69) is 5.10 Å². The lowest BCUT2D eigenvalue weighted by Crippen LogP contribution is -2.24. The third-order valence-electron chi connectivity index (χ3n) is 5.29. The number of carbonyl (C=O) groups excluding carboxylic acids is 1. The van der Waals surface area contributed by atoms with Crippen LogP contribution in [0.2, 0.25) is 0 Å². The Balaban J connectivity index is 2.32. The van der Waals surface area contributed by atoms with Crippen LogP contribution in [0.4, 0.5) is 0 Å². The van der Waals surface area contributed by atoms with E-state index in [-0.39, 0.29) is 17.8 Å². The lowest BCUT2D eigenvalue weighted by molar-refractivity contribution is -0.124. The molecule has 1 atom stereocenters. The summed E-state index contributed by atoms with van der Waals surface area (Å²) in [6, 6.07) is 1.96. The number of fused-ring (bicyclic) bond motifs is 1. The molecule has 0 saturated heterocycles. The quantitative estimate of drug-likeness (QED) is 0.744. The van der Waals surface area contributed by atoms with Crippen molar-refractivity contribution in [1.29, 1.82) is 0 Å². The number of nitrogens with zero attached hydrogens (tertiary/aromatic N) is 2. The van der Waals surface area contributed by atoms with Crippen molar-refractivity contribution in [2.75, 3.05) is 19.9 Å². The molecule has 0 N–H and O–H groups in total. The van der Waals surface area contributed by atoms with Gasteiger partial charge in [-0.15, -0.1) is 0 Å². The summed E-state index contributed by atoms with van der Waals surface area (Å²) in [5.74, 6) is -0.104. The van der Waals surface area contributed by atoms with Gasteiger partial charge < -0.3 is 4.74 Å². The van der Waals surface area contributed by atoms with E-state index in [4.69, 9.17) is 4.74 Å². The first-order valence-corrected chi connectivity index (χ1v) is 10.2. The second-order valence-electron chi connectivity index (χ2n) is 6.95. The Morgan fingerprint density at radius 2 is 1.96 bits per heavy atom. The minimum Gasteiger partial charge on any atom is -0.377 e. The van der Waals surface area contributed by atoms with Crippen molar-refractivity contribution in [2.45, 2.75) is 45.1 Å². The predicted octanol–water partition coefficient (Wildman–Crippen LogP) is 2.79. The summed E-state index contributed by atoms with van der Waals surface area (Å²) in [6.07, 6.45) is 0.234. The highest BCUT2D eigenvalue weighted by Crippen LogP contribution is 2.41. The third-order valence-corrected chi connectivity index (χ3v) is 7.21. The van der Waals surface area contributed by atoms with Crippen molar-refractivity contribution in [2.24, 2.45) is 5.10 Å². The molecule has 0 spiro atoms. The van der Waals surface area contributed by atoms with E-state index in [0.717, 1.165) is 22.3 Å². The van der Waals surface area contributed by atoms with Crippen molar-refractivity contribution in [3.8, 4) is 0 Å². The number of allylic oxidation sites excluding steroid dienone is 1.